The van der Waals surface area contributed by atoms with Crippen molar-refractivity contribution >= 4 is 0 Å². The van der Waals surface area contributed by atoms with Crippen LogP contribution in [0.3, 0.4) is 0 Å². The van der Waals surface area contributed by atoms with E-state index in [-0.39, 0.29) is 0 Å². The smallest absolute Gasteiger partial charge is 0.140 e. The molecule has 0 bridgehead atoms. The van der Waals surface area contributed by atoms with Crippen LogP contribution in [0.4, 0.5) is 0 Å². The maximum absolute atomic E-state index is 4.32. The highest BCUT2D eigenvalue weighted by molar-refractivity contribution is 4.90. The van der Waals surface area contributed by atoms with Crippen LogP contribution < -0.4 is 5.32 Å². The summed E-state index contributed by atoms with van der Waals surface area (Å²) in [4.78, 5) is 6.83. The molecule has 1 aromatic rings. The third-order valence-electron chi connectivity index (χ3n) is 3.69. The van der Waals surface area contributed by atoms with Crippen molar-refractivity contribution in [3.8, 4) is 0 Å². The van der Waals surface area contributed by atoms with Crippen LogP contribution in [0, 0.1) is 5.92 Å². The van der Waals surface area contributed by atoms with E-state index in [0.29, 0.717) is 12.1 Å². The number of aryl methyl sites for hydroxylation is 1. The highest BCUT2D eigenvalue weighted by atomic mass is 15.3. The molecule has 1 fully saturated rings. The molecule has 2 atom stereocenters. The molecule has 0 saturated carbocycles. The van der Waals surface area contributed by atoms with Gasteiger partial charge in [-0.05, 0) is 19.3 Å². The van der Waals surface area contributed by atoms with Crippen LogP contribution in [0.1, 0.15) is 33.0 Å². The van der Waals surface area contributed by atoms with Gasteiger partial charge in [0.2, 0.25) is 0 Å². The molecule has 1 aliphatic rings. The van der Waals surface area contributed by atoms with Gasteiger partial charge >= 0.3 is 0 Å². The van der Waals surface area contributed by atoms with E-state index in [9.17, 15) is 0 Å². The average molecular weight is 251 g/mol. The lowest BCUT2D eigenvalue weighted by molar-refractivity contribution is 0.120. The highest BCUT2D eigenvalue weighted by Gasteiger charge is 2.26. The second-order valence-electron chi connectivity index (χ2n) is 5.81. The van der Waals surface area contributed by atoms with Crippen molar-refractivity contribution in [3.63, 3.8) is 0 Å². The number of piperazine rings is 1. The standard InChI is InChI=1S/C13H25N5/c1-10(2)5-12-7-18(11(3)6-14-12)8-13-15-9-16-17(13)4/h9-12,14H,5-8H2,1-4H3. The molecular weight excluding hydrogens is 226 g/mol. The second kappa shape index (κ2) is 5.80. The minimum Gasteiger partial charge on any atom is -0.311 e. The minimum atomic E-state index is 0.560. The first-order valence-electron chi connectivity index (χ1n) is 6.86. The fourth-order valence-corrected chi connectivity index (χ4v) is 2.59. The summed E-state index contributed by atoms with van der Waals surface area (Å²) in [5, 5.41) is 7.78. The maximum Gasteiger partial charge on any atom is 0.140 e. The van der Waals surface area contributed by atoms with Crippen LogP contribution in [0.2, 0.25) is 0 Å². The topological polar surface area (TPSA) is 46.0 Å². The molecule has 102 valence electrons. The lowest BCUT2D eigenvalue weighted by atomic mass is 10.00. The number of hydrogen-bond donors (Lipinski definition) is 1. The minimum absolute atomic E-state index is 0.560. The Labute approximate surface area is 110 Å². The Morgan fingerprint density at radius 2 is 2.28 bits per heavy atom. The number of aromatic nitrogens is 3. The van der Waals surface area contributed by atoms with Crippen LogP contribution in [0.5, 0.6) is 0 Å². The molecule has 0 aromatic carbocycles. The first-order valence-corrected chi connectivity index (χ1v) is 6.86. The van der Waals surface area contributed by atoms with Gasteiger partial charge in [0, 0.05) is 32.2 Å². The van der Waals surface area contributed by atoms with Gasteiger partial charge in [-0.2, -0.15) is 5.10 Å². The predicted octanol–water partition coefficient (Wildman–Crippen LogP) is 1.02. The zero-order valence-corrected chi connectivity index (χ0v) is 11.9. The van der Waals surface area contributed by atoms with E-state index >= 15 is 0 Å². The van der Waals surface area contributed by atoms with Crippen molar-refractivity contribution in [2.45, 2.75) is 45.8 Å². The first kappa shape index (κ1) is 13.5. The third-order valence-corrected chi connectivity index (χ3v) is 3.69. The molecule has 1 aliphatic heterocycles. The maximum atomic E-state index is 4.32. The molecular formula is C13H25N5. The zero-order valence-electron chi connectivity index (χ0n) is 11.9. The quantitative estimate of drug-likeness (QED) is 0.868. The summed E-state index contributed by atoms with van der Waals surface area (Å²) in [6.07, 6.45) is 2.87. The van der Waals surface area contributed by atoms with E-state index < -0.39 is 0 Å². The number of nitrogens with zero attached hydrogens (tertiary/aromatic N) is 4. The Hall–Kier alpha value is -0.940. The molecule has 2 rings (SSSR count). The van der Waals surface area contributed by atoms with E-state index in [1.54, 1.807) is 6.33 Å². The van der Waals surface area contributed by atoms with E-state index in [4.69, 9.17) is 0 Å². The third kappa shape index (κ3) is 3.29. The normalized spacial score (nSPS) is 25.8. The summed E-state index contributed by atoms with van der Waals surface area (Å²) in [6.45, 7) is 9.91. The summed E-state index contributed by atoms with van der Waals surface area (Å²) in [5.74, 6) is 1.79. The van der Waals surface area contributed by atoms with Gasteiger partial charge in [0.25, 0.3) is 0 Å². The Balaban J connectivity index is 1.95. The van der Waals surface area contributed by atoms with Crippen molar-refractivity contribution in [1.29, 1.82) is 0 Å². The second-order valence-corrected chi connectivity index (χ2v) is 5.81. The summed E-state index contributed by atoms with van der Waals surface area (Å²) in [6, 6.07) is 1.17. The van der Waals surface area contributed by atoms with Gasteiger partial charge in [0.15, 0.2) is 0 Å². The van der Waals surface area contributed by atoms with Gasteiger partial charge in [-0.25, -0.2) is 4.98 Å². The van der Waals surface area contributed by atoms with Gasteiger partial charge < -0.3 is 5.32 Å². The van der Waals surface area contributed by atoms with Gasteiger partial charge in [-0.3, -0.25) is 9.58 Å². The van der Waals surface area contributed by atoms with Crippen LogP contribution in [0.15, 0.2) is 6.33 Å². The molecule has 1 N–H and O–H groups in total. The number of rotatable bonds is 4. The van der Waals surface area contributed by atoms with Crippen molar-refractivity contribution < 1.29 is 0 Å². The van der Waals surface area contributed by atoms with Gasteiger partial charge in [0.1, 0.15) is 12.2 Å². The molecule has 2 unspecified atom stereocenters. The highest BCUT2D eigenvalue weighted by Crippen LogP contribution is 2.15. The SMILES string of the molecule is CC(C)CC1CN(Cc2ncnn2C)C(C)CN1. The molecule has 1 saturated heterocycles. The lowest BCUT2D eigenvalue weighted by Gasteiger charge is -2.39. The molecule has 1 aromatic heterocycles. The molecule has 0 amide bonds. The molecule has 2 heterocycles. The summed E-state index contributed by atoms with van der Waals surface area (Å²) in [5.41, 5.74) is 0. The predicted molar refractivity (Wildman–Crippen MR) is 72.1 cm³/mol. The lowest BCUT2D eigenvalue weighted by Crippen LogP contribution is -2.55. The Kier molecular flexibility index (Phi) is 4.35. The fourth-order valence-electron chi connectivity index (χ4n) is 2.59. The number of nitrogens with one attached hydrogen (secondary N) is 1. The van der Waals surface area contributed by atoms with E-state index in [2.05, 4.69) is 41.1 Å². The van der Waals surface area contributed by atoms with E-state index in [1.165, 1.54) is 6.42 Å². The van der Waals surface area contributed by atoms with Crippen LogP contribution >= 0.6 is 0 Å². The monoisotopic (exact) mass is 251 g/mol. The van der Waals surface area contributed by atoms with Crippen LogP contribution in [-0.2, 0) is 13.6 Å². The molecule has 18 heavy (non-hydrogen) atoms. The summed E-state index contributed by atoms with van der Waals surface area (Å²) < 4.78 is 1.87. The van der Waals surface area contributed by atoms with Crippen molar-refractivity contribution in [3.05, 3.63) is 12.2 Å². The molecule has 0 aliphatic carbocycles. The molecule has 5 nitrogen and oxygen atoms in total. The van der Waals surface area contributed by atoms with E-state index in [0.717, 1.165) is 31.4 Å². The first-order chi connectivity index (χ1) is 8.56. The Morgan fingerprint density at radius 1 is 1.50 bits per heavy atom. The number of hydrogen-bond acceptors (Lipinski definition) is 4. The van der Waals surface area contributed by atoms with E-state index in [1.807, 2.05) is 11.7 Å². The van der Waals surface area contributed by atoms with Gasteiger partial charge in [-0.1, -0.05) is 13.8 Å². The summed E-state index contributed by atoms with van der Waals surface area (Å²) in [7, 11) is 1.96. The van der Waals surface area contributed by atoms with Gasteiger partial charge in [-0.15, -0.1) is 0 Å². The van der Waals surface area contributed by atoms with Crippen LogP contribution in [0.25, 0.3) is 0 Å². The summed E-state index contributed by atoms with van der Waals surface area (Å²) >= 11 is 0. The molecule has 5 heteroatoms. The van der Waals surface area contributed by atoms with Gasteiger partial charge in [0.05, 0.1) is 6.54 Å². The van der Waals surface area contributed by atoms with Crippen molar-refractivity contribution in [2.75, 3.05) is 13.1 Å². The van der Waals surface area contributed by atoms with Crippen LogP contribution in [-0.4, -0.2) is 44.8 Å². The fraction of sp³-hybridized carbons (Fsp3) is 0.846. The zero-order chi connectivity index (χ0) is 13.1. The Bertz CT molecular complexity index is 373. The molecule has 0 spiro atoms. The Morgan fingerprint density at radius 3 is 2.89 bits per heavy atom. The molecule has 0 radical (unpaired) electrons. The van der Waals surface area contributed by atoms with Crippen molar-refractivity contribution in [2.24, 2.45) is 13.0 Å². The average Bonchev–Trinajstić information content (AvgIpc) is 2.69. The largest absolute Gasteiger partial charge is 0.311 e. The van der Waals surface area contributed by atoms with Crippen molar-refractivity contribution in [1.82, 2.24) is 25.0 Å².